The van der Waals surface area contributed by atoms with E-state index in [2.05, 4.69) is 20.2 Å². The van der Waals surface area contributed by atoms with Crippen LogP contribution in [0.1, 0.15) is 24.1 Å². The molecule has 2 aliphatic rings. The Bertz CT molecular complexity index is 557. The molecule has 1 fully saturated rings. The first kappa shape index (κ1) is 16.1. The maximum atomic E-state index is 12.1. The molecule has 23 heavy (non-hydrogen) atoms. The van der Waals surface area contributed by atoms with Crippen LogP contribution in [0.2, 0.25) is 0 Å². The number of nitrogens with one attached hydrogen (secondary N) is 1. The zero-order valence-electron chi connectivity index (χ0n) is 13.9. The van der Waals surface area contributed by atoms with E-state index in [1.54, 1.807) is 6.33 Å². The van der Waals surface area contributed by atoms with Gasteiger partial charge in [0.05, 0.1) is 18.3 Å². The lowest BCUT2D eigenvalue weighted by Crippen LogP contribution is -2.42. The van der Waals surface area contributed by atoms with Crippen LogP contribution in [0.4, 0.5) is 5.82 Å². The van der Waals surface area contributed by atoms with E-state index in [-0.39, 0.29) is 12.0 Å². The van der Waals surface area contributed by atoms with Gasteiger partial charge >= 0.3 is 0 Å². The number of hydrogen-bond acceptors (Lipinski definition) is 6. The summed E-state index contributed by atoms with van der Waals surface area (Å²) in [4.78, 5) is 25.1. The number of fused-ring (bicyclic) bond motifs is 1. The zero-order valence-corrected chi connectivity index (χ0v) is 13.9. The number of nitrogens with zero attached hydrogens (tertiary/aromatic N) is 4. The number of carbonyl (C=O) groups is 1. The SMILES string of the molecule is CN(C)c1ncnc2c1CN(CC(=O)NC[C@H]1CCCO1)CC2. The van der Waals surface area contributed by atoms with Crippen molar-refractivity contribution in [3.8, 4) is 0 Å². The summed E-state index contributed by atoms with van der Waals surface area (Å²) in [6.45, 7) is 3.42. The van der Waals surface area contributed by atoms with Crippen LogP contribution < -0.4 is 10.2 Å². The van der Waals surface area contributed by atoms with E-state index < -0.39 is 0 Å². The van der Waals surface area contributed by atoms with E-state index in [0.717, 1.165) is 56.0 Å². The molecule has 1 atom stereocenters. The van der Waals surface area contributed by atoms with Crippen LogP contribution in [0.5, 0.6) is 0 Å². The third-order valence-corrected chi connectivity index (χ3v) is 4.40. The van der Waals surface area contributed by atoms with Gasteiger partial charge in [-0.1, -0.05) is 0 Å². The topological polar surface area (TPSA) is 70.6 Å². The summed E-state index contributed by atoms with van der Waals surface area (Å²) in [5.74, 6) is 1.01. The van der Waals surface area contributed by atoms with Gasteiger partial charge in [0.25, 0.3) is 0 Å². The van der Waals surface area contributed by atoms with Crippen molar-refractivity contribution < 1.29 is 9.53 Å². The van der Waals surface area contributed by atoms with E-state index in [1.807, 2.05) is 19.0 Å². The first-order valence-electron chi connectivity index (χ1n) is 8.24. The first-order valence-corrected chi connectivity index (χ1v) is 8.24. The van der Waals surface area contributed by atoms with Crippen LogP contribution >= 0.6 is 0 Å². The summed E-state index contributed by atoms with van der Waals surface area (Å²) in [6, 6.07) is 0. The van der Waals surface area contributed by atoms with E-state index in [0.29, 0.717) is 13.1 Å². The molecule has 1 amide bonds. The smallest absolute Gasteiger partial charge is 0.234 e. The van der Waals surface area contributed by atoms with Crippen molar-refractivity contribution in [1.29, 1.82) is 0 Å². The minimum Gasteiger partial charge on any atom is -0.376 e. The molecule has 1 N–H and O–H groups in total. The van der Waals surface area contributed by atoms with E-state index in [4.69, 9.17) is 4.74 Å². The molecule has 1 saturated heterocycles. The largest absolute Gasteiger partial charge is 0.376 e. The molecule has 2 aliphatic heterocycles. The quantitative estimate of drug-likeness (QED) is 0.836. The molecule has 3 heterocycles. The van der Waals surface area contributed by atoms with Crippen LogP contribution in [0.25, 0.3) is 0 Å². The highest BCUT2D eigenvalue weighted by molar-refractivity contribution is 5.78. The Balaban J connectivity index is 1.55. The average molecular weight is 319 g/mol. The van der Waals surface area contributed by atoms with Crippen molar-refractivity contribution >= 4 is 11.7 Å². The Morgan fingerprint density at radius 1 is 1.48 bits per heavy atom. The molecule has 1 aromatic heterocycles. The Morgan fingerprint density at radius 3 is 3.09 bits per heavy atom. The minimum absolute atomic E-state index is 0.0622. The third-order valence-electron chi connectivity index (χ3n) is 4.40. The van der Waals surface area contributed by atoms with Crippen LogP contribution in [0, 0.1) is 0 Å². The number of aromatic nitrogens is 2. The average Bonchev–Trinajstić information content (AvgIpc) is 3.05. The highest BCUT2D eigenvalue weighted by Gasteiger charge is 2.23. The molecule has 7 nitrogen and oxygen atoms in total. The molecular formula is C16H25N5O2. The van der Waals surface area contributed by atoms with Crippen molar-refractivity contribution in [3.63, 3.8) is 0 Å². The van der Waals surface area contributed by atoms with Gasteiger partial charge in [-0.3, -0.25) is 9.69 Å². The predicted molar refractivity (Wildman–Crippen MR) is 87.3 cm³/mol. The summed E-state index contributed by atoms with van der Waals surface area (Å²) in [6.07, 6.45) is 4.81. The van der Waals surface area contributed by atoms with Gasteiger partial charge in [0.2, 0.25) is 5.91 Å². The lowest BCUT2D eigenvalue weighted by atomic mass is 10.1. The number of amides is 1. The number of rotatable bonds is 5. The van der Waals surface area contributed by atoms with Gasteiger partial charge in [-0.25, -0.2) is 9.97 Å². The Hall–Kier alpha value is -1.73. The van der Waals surface area contributed by atoms with Crippen molar-refractivity contribution in [1.82, 2.24) is 20.2 Å². The van der Waals surface area contributed by atoms with Gasteiger partial charge in [0.1, 0.15) is 12.1 Å². The van der Waals surface area contributed by atoms with Crippen LogP contribution in [0.15, 0.2) is 6.33 Å². The van der Waals surface area contributed by atoms with E-state index in [9.17, 15) is 4.79 Å². The number of carbonyl (C=O) groups excluding carboxylic acids is 1. The summed E-state index contributed by atoms with van der Waals surface area (Å²) in [7, 11) is 3.96. The molecule has 0 unspecified atom stereocenters. The fourth-order valence-electron chi connectivity index (χ4n) is 3.19. The molecule has 0 spiro atoms. The fourth-order valence-corrected chi connectivity index (χ4v) is 3.19. The predicted octanol–water partition coefficient (Wildman–Crippen LogP) is 0.196. The molecular weight excluding hydrogens is 294 g/mol. The fraction of sp³-hybridized carbons (Fsp3) is 0.688. The van der Waals surface area contributed by atoms with Gasteiger partial charge in [-0.05, 0) is 12.8 Å². The van der Waals surface area contributed by atoms with Crippen LogP contribution in [-0.2, 0) is 22.5 Å². The summed E-state index contributed by atoms with van der Waals surface area (Å²) in [5, 5.41) is 2.99. The highest BCUT2D eigenvalue weighted by Crippen LogP contribution is 2.24. The second kappa shape index (κ2) is 7.23. The molecule has 0 radical (unpaired) electrons. The van der Waals surface area contributed by atoms with Gasteiger partial charge in [0.15, 0.2) is 0 Å². The van der Waals surface area contributed by atoms with Gasteiger partial charge in [-0.15, -0.1) is 0 Å². The zero-order chi connectivity index (χ0) is 16.2. The molecule has 0 aliphatic carbocycles. The first-order chi connectivity index (χ1) is 11.1. The molecule has 0 bridgehead atoms. The van der Waals surface area contributed by atoms with Crippen molar-refractivity contribution in [2.24, 2.45) is 0 Å². The summed E-state index contributed by atoms with van der Waals surface area (Å²) < 4.78 is 5.53. The van der Waals surface area contributed by atoms with Crippen molar-refractivity contribution in [3.05, 3.63) is 17.6 Å². The molecule has 3 rings (SSSR count). The molecule has 1 aromatic rings. The van der Waals surface area contributed by atoms with Gasteiger partial charge in [0, 0.05) is 52.3 Å². The Morgan fingerprint density at radius 2 is 2.35 bits per heavy atom. The highest BCUT2D eigenvalue weighted by atomic mass is 16.5. The number of hydrogen-bond donors (Lipinski definition) is 1. The minimum atomic E-state index is 0.0622. The standard InChI is InChI=1S/C16H25N5O2/c1-20(2)16-13-9-21(6-5-14(13)18-11-19-16)10-15(22)17-8-12-4-3-7-23-12/h11-12H,3-10H2,1-2H3,(H,17,22)/t12-/m1/s1. The van der Waals surface area contributed by atoms with Crippen LogP contribution in [0.3, 0.4) is 0 Å². The van der Waals surface area contributed by atoms with Gasteiger partial charge in [-0.2, -0.15) is 0 Å². The maximum Gasteiger partial charge on any atom is 0.234 e. The molecule has 0 saturated carbocycles. The lowest BCUT2D eigenvalue weighted by molar-refractivity contribution is -0.123. The summed E-state index contributed by atoms with van der Waals surface area (Å²) >= 11 is 0. The normalized spacial score (nSPS) is 21.0. The Labute approximate surface area is 137 Å². The second-order valence-electron chi connectivity index (χ2n) is 6.42. The number of anilines is 1. The number of ether oxygens (including phenoxy) is 1. The van der Waals surface area contributed by atoms with E-state index in [1.165, 1.54) is 0 Å². The molecule has 0 aromatic carbocycles. The molecule has 7 heteroatoms. The van der Waals surface area contributed by atoms with Gasteiger partial charge < -0.3 is 15.0 Å². The summed E-state index contributed by atoms with van der Waals surface area (Å²) in [5.41, 5.74) is 2.23. The van der Waals surface area contributed by atoms with Crippen molar-refractivity contribution in [2.45, 2.75) is 31.9 Å². The van der Waals surface area contributed by atoms with Crippen LogP contribution in [-0.4, -0.2) is 67.2 Å². The van der Waals surface area contributed by atoms with Crippen molar-refractivity contribution in [2.75, 3.05) is 45.2 Å². The third kappa shape index (κ3) is 3.97. The van der Waals surface area contributed by atoms with E-state index >= 15 is 0 Å². The monoisotopic (exact) mass is 319 g/mol. The second-order valence-corrected chi connectivity index (χ2v) is 6.42. The molecule has 126 valence electrons. The maximum absolute atomic E-state index is 12.1. The lowest BCUT2D eigenvalue weighted by Gasteiger charge is -2.29. The Kier molecular flexibility index (Phi) is 5.07.